The maximum absolute atomic E-state index is 13.8. The summed E-state index contributed by atoms with van der Waals surface area (Å²) in [6.45, 7) is 1.83. The summed E-state index contributed by atoms with van der Waals surface area (Å²) in [4.78, 5) is 0. The number of methoxy groups -OCH3 is 1. The van der Waals surface area contributed by atoms with Gasteiger partial charge in [0.25, 0.3) is 0 Å². The summed E-state index contributed by atoms with van der Waals surface area (Å²) in [5.41, 5.74) is 0.317. The Hall–Kier alpha value is -1.36. The number of rotatable bonds is 3. The molecule has 100 valence electrons. The highest BCUT2D eigenvalue weighted by Gasteiger charge is 2.21. The zero-order valence-electron chi connectivity index (χ0n) is 10.3. The highest BCUT2D eigenvalue weighted by atomic mass is 19.1. The van der Waals surface area contributed by atoms with E-state index in [0.717, 1.165) is 25.9 Å². The third kappa shape index (κ3) is 2.56. The zero-order chi connectivity index (χ0) is 13.1. The largest absolute Gasteiger partial charge is 0.503 e. The van der Waals surface area contributed by atoms with Gasteiger partial charge in [0, 0.05) is 0 Å². The minimum atomic E-state index is -1.04. The summed E-state index contributed by atoms with van der Waals surface area (Å²) in [5, 5.41) is 12.6. The van der Waals surface area contributed by atoms with Crippen molar-refractivity contribution in [3.63, 3.8) is 0 Å². The number of nitrogens with one attached hydrogen (secondary N) is 1. The average molecular weight is 257 g/mol. The van der Waals surface area contributed by atoms with E-state index in [1.165, 1.54) is 13.2 Å². The number of benzene rings is 1. The quantitative estimate of drug-likeness (QED) is 0.872. The molecule has 1 aromatic carbocycles. The van der Waals surface area contributed by atoms with Crippen LogP contribution in [0.3, 0.4) is 0 Å². The Kier molecular flexibility index (Phi) is 4.01. The second kappa shape index (κ2) is 5.52. The Bertz CT molecular complexity index is 431. The molecule has 2 N–H and O–H groups in total. The summed E-state index contributed by atoms with van der Waals surface area (Å²) >= 11 is 0. The standard InChI is InChI=1S/C13H17F2NO2/c1-18-10-7-9(11(14)13(17)12(10)15)6-8-2-4-16-5-3-8/h7-8,16-17H,2-6H2,1H3. The smallest absolute Gasteiger partial charge is 0.209 e. The highest BCUT2D eigenvalue weighted by molar-refractivity contribution is 5.41. The van der Waals surface area contributed by atoms with Crippen molar-refractivity contribution in [3.05, 3.63) is 23.3 Å². The number of halogens is 2. The lowest BCUT2D eigenvalue weighted by Gasteiger charge is -2.23. The summed E-state index contributed by atoms with van der Waals surface area (Å²) in [5.74, 6) is -2.61. The second-order valence-corrected chi connectivity index (χ2v) is 4.61. The van der Waals surface area contributed by atoms with Crippen LogP contribution in [0.1, 0.15) is 18.4 Å². The Balaban J connectivity index is 2.23. The number of aromatic hydroxyl groups is 1. The lowest BCUT2D eigenvalue weighted by molar-refractivity contribution is 0.338. The van der Waals surface area contributed by atoms with Crippen LogP contribution in [-0.2, 0) is 6.42 Å². The number of phenols is 1. The van der Waals surface area contributed by atoms with Crippen LogP contribution in [0.15, 0.2) is 6.07 Å². The zero-order valence-corrected chi connectivity index (χ0v) is 10.3. The lowest BCUT2D eigenvalue weighted by Crippen LogP contribution is -2.28. The summed E-state index contributed by atoms with van der Waals surface area (Å²) < 4.78 is 32.0. The first-order valence-corrected chi connectivity index (χ1v) is 6.08. The van der Waals surface area contributed by atoms with E-state index >= 15 is 0 Å². The molecule has 0 unspecified atom stereocenters. The van der Waals surface area contributed by atoms with Gasteiger partial charge in [-0.2, -0.15) is 4.39 Å². The fourth-order valence-electron chi connectivity index (χ4n) is 2.34. The Morgan fingerprint density at radius 1 is 1.33 bits per heavy atom. The van der Waals surface area contributed by atoms with Crippen LogP contribution >= 0.6 is 0 Å². The van der Waals surface area contributed by atoms with Crippen LogP contribution in [0.5, 0.6) is 11.5 Å². The molecular formula is C13H17F2NO2. The van der Waals surface area contributed by atoms with Gasteiger partial charge in [-0.05, 0) is 49.9 Å². The molecule has 0 aromatic heterocycles. The monoisotopic (exact) mass is 257 g/mol. The molecule has 1 aliphatic heterocycles. The molecule has 0 atom stereocenters. The molecule has 0 radical (unpaired) electrons. The summed E-state index contributed by atoms with van der Waals surface area (Å²) in [6.07, 6.45) is 2.41. The molecular weight excluding hydrogens is 240 g/mol. The number of ether oxygens (including phenoxy) is 1. The fraction of sp³-hybridized carbons (Fsp3) is 0.538. The average Bonchev–Trinajstić information content (AvgIpc) is 2.40. The van der Waals surface area contributed by atoms with Gasteiger partial charge in [0.1, 0.15) is 0 Å². The second-order valence-electron chi connectivity index (χ2n) is 4.61. The van der Waals surface area contributed by atoms with Gasteiger partial charge in [-0.3, -0.25) is 0 Å². The van der Waals surface area contributed by atoms with Crippen molar-refractivity contribution >= 4 is 0 Å². The SMILES string of the molecule is COc1cc(CC2CCNCC2)c(F)c(O)c1F. The minimum absolute atomic E-state index is 0.113. The predicted molar refractivity (Wildman–Crippen MR) is 63.9 cm³/mol. The third-order valence-electron chi connectivity index (χ3n) is 3.41. The van der Waals surface area contributed by atoms with Gasteiger partial charge >= 0.3 is 0 Å². The van der Waals surface area contributed by atoms with Crippen LogP contribution in [0.25, 0.3) is 0 Å². The van der Waals surface area contributed by atoms with Crippen molar-refractivity contribution in [1.29, 1.82) is 0 Å². The fourth-order valence-corrected chi connectivity index (χ4v) is 2.34. The van der Waals surface area contributed by atoms with Gasteiger partial charge in [-0.25, -0.2) is 4.39 Å². The molecule has 1 aromatic rings. The van der Waals surface area contributed by atoms with Crippen molar-refractivity contribution in [2.45, 2.75) is 19.3 Å². The predicted octanol–water partition coefficient (Wildman–Crippen LogP) is 2.22. The van der Waals surface area contributed by atoms with Crippen LogP contribution < -0.4 is 10.1 Å². The number of hydrogen-bond acceptors (Lipinski definition) is 3. The molecule has 1 heterocycles. The van der Waals surface area contributed by atoms with Crippen molar-refractivity contribution in [1.82, 2.24) is 5.32 Å². The van der Waals surface area contributed by atoms with E-state index in [4.69, 9.17) is 4.74 Å². The van der Waals surface area contributed by atoms with Crippen LogP contribution in [-0.4, -0.2) is 25.3 Å². The van der Waals surface area contributed by atoms with Crippen molar-refractivity contribution in [2.75, 3.05) is 20.2 Å². The first-order chi connectivity index (χ1) is 8.63. The molecule has 0 bridgehead atoms. The van der Waals surface area contributed by atoms with Gasteiger partial charge in [-0.1, -0.05) is 0 Å². The van der Waals surface area contributed by atoms with Crippen molar-refractivity contribution < 1.29 is 18.6 Å². The molecule has 3 nitrogen and oxygen atoms in total. The highest BCUT2D eigenvalue weighted by Crippen LogP contribution is 2.33. The molecule has 2 rings (SSSR count). The molecule has 1 saturated heterocycles. The topological polar surface area (TPSA) is 41.5 Å². The molecule has 18 heavy (non-hydrogen) atoms. The third-order valence-corrected chi connectivity index (χ3v) is 3.41. The van der Waals surface area contributed by atoms with Crippen molar-refractivity contribution in [3.8, 4) is 11.5 Å². The van der Waals surface area contributed by atoms with Gasteiger partial charge in [0.2, 0.25) is 5.82 Å². The molecule has 1 fully saturated rings. The maximum atomic E-state index is 13.8. The Morgan fingerprint density at radius 2 is 2.00 bits per heavy atom. The molecule has 0 spiro atoms. The van der Waals surface area contributed by atoms with Crippen molar-refractivity contribution in [2.24, 2.45) is 5.92 Å². The van der Waals surface area contributed by atoms with E-state index in [-0.39, 0.29) is 5.75 Å². The minimum Gasteiger partial charge on any atom is -0.503 e. The maximum Gasteiger partial charge on any atom is 0.209 e. The van der Waals surface area contributed by atoms with Gasteiger partial charge in [0.05, 0.1) is 7.11 Å². The van der Waals surface area contributed by atoms with Crippen LogP contribution in [0.4, 0.5) is 8.78 Å². The summed E-state index contributed by atoms with van der Waals surface area (Å²) in [6, 6.07) is 1.34. The Morgan fingerprint density at radius 3 is 2.61 bits per heavy atom. The number of hydrogen-bond donors (Lipinski definition) is 2. The van der Waals surface area contributed by atoms with Gasteiger partial charge in [0.15, 0.2) is 17.3 Å². The van der Waals surface area contributed by atoms with E-state index in [1.807, 2.05) is 0 Å². The summed E-state index contributed by atoms with van der Waals surface area (Å²) in [7, 11) is 1.30. The number of piperidine rings is 1. The van der Waals surface area contributed by atoms with E-state index in [9.17, 15) is 13.9 Å². The van der Waals surface area contributed by atoms with Crippen LogP contribution in [0.2, 0.25) is 0 Å². The van der Waals surface area contributed by atoms with E-state index in [2.05, 4.69) is 5.32 Å². The number of phenolic OH excluding ortho intramolecular Hbond substituents is 1. The van der Waals surface area contributed by atoms with E-state index in [0.29, 0.717) is 17.9 Å². The molecule has 0 aliphatic carbocycles. The molecule has 0 amide bonds. The molecule has 5 heteroatoms. The first-order valence-electron chi connectivity index (χ1n) is 6.08. The molecule has 0 saturated carbocycles. The Labute approximate surface area is 105 Å². The van der Waals surface area contributed by atoms with E-state index in [1.54, 1.807) is 0 Å². The molecule has 1 aliphatic rings. The normalized spacial score (nSPS) is 16.8. The van der Waals surface area contributed by atoms with Crippen LogP contribution in [0, 0.1) is 17.6 Å². The first kappa shape index (κ1) is 13.1. The van der Waals surface area contributed by atoms with Gasteiger partial charge in [-0.15, -0.1) is 0 Å². The van der Waals surface area contributed by atoms with E-state index < -0.39 is 17.4 Å². The lowest BCUT2D eigenvalue weighted by atomic mass is 9.90. The van der Waals surface area contributed by atoms with Gasteiger partial charge < -0.3 is 15.2 Å².